The van der Waals surface area contributed by atoms with Gasteiger partial charge in [-0.05, 0) is 43.1 Å². The molecule has 0 spiro atoms. The van der Waals surface area contributed by atoms with Crippen molar-refractivity contribution in [2.24, 2.45) is 0 Å². The first-order valence-corrected chi connectivity index (χ1v) is 7.42. The van der Waals surface area contributed by atoms with Gasteiger partial charge in [-0.3, -0.25) is 0 Å². The lowest BCUT2D eigenvalue weighted by Crippen LogP contribution is -2.24. The van der Waals surface area contributed by atoms with Crippen molar-refractivity contribution < 1.29 is 19.3 Å². The van der Waals surface area contributed by atoms with Crippen molar-refractivity contribution in [1.29, 1.82) is 0 Å². The molecule has 21 heavy (non-hydrogen) atoms. The Bertz CT molecular complexity index is 438. The molecular formula is C16H25NO4. The lowest BCUT2D eigenvalue weighted by Gasteiger charge is -2.14. The number of hydrogen-bond donors (Lipinski definition) is 2. The van der Waals surface area contributed by atoms with Gasteiger partial charge in [0.25, 0.3) is 0 Å². The van der Waals surface area contributed by atoms with E-state index in [1.807, 2.05) is 13.1 Å². The quantitative estimate of drug-likeness (QED) is 0.672. The number of fused-ring (bicyclic) bond motifs is 1. The minimum atomic E-state index is -0.625. The van der Waals surface area contributed by atoms with Crippen molar-refractivity contribution in [3.63, 3.8) is 0 Å². The molecule has 1 aromatic carbocycles. The molecule has 0 saturated heterocycles. The molecule has 2 rings (SSSR count). The zero-order chi connectivity index (χ0) is 15.1. The van der Waals surface area contributed by atoms with Crippen molar-refractivity contribution in [1.82, 2.24) is 5.32 Å². The summed E-state index contributed by atoms with van der Waals surface area (Å²) >= 11 is 0. The zero-order valence-corrected chi connectivity index (χ0v) is 12.8. The minimum Gasteiger partial charge on any atom is -0.491 e. The molecule has 0 aromatic heterocycles. The summed E-state index contributed by atoms with van der Waals surface area (Å²) in [6, 6.07) is 6.60. The summed E-state index contributed by atoms with van der Waals surface area (Å²) in [5.74, 6) is 0.807. The molecule has 0 heterocycles. The van der Waals surface area contributed by atoms with Crippen molar-refractivity contribution >= 4 is 0 Å². The highest BCUT2D eigenvalue weighted by atomic mass is 16.5. The number of ether oxygens (including phenoxy) is 3. The smallest absolute Gasteiger partial charge is 0.119 e. The summed E-state index contributed by atoms with van der Waals surface area (Å²) in [4.78, 5) is 0. The maximum absolute atomic E-state index is 9.78. The van der Waals surface area contributed by atoms with Crippen LogP contribution in [-0.4, -0.2) is 51.8 Å². The van der Waals surface area contributed by atoms with E-state index in [9.17, 15) is 5.11 Å². The fourth-order valence-corrected chi connectivity index (χ4v) is 2.59. The van der Waals surface area contributed by atoms with Gasteiger partial charge in [0.1, 0.15) is 18.5 Å². The van der Waals surface area contributed by atoms with Crippen LogP contribution < -0.4 is 10.1 Å². The average Bonchev–Trinajstić information content (AvgIpc) is 2.91. The molecule has 5 nitrogen and oxygen atoms in total. The molecule has 1 aromatic rings. The summed E-state index contributed by atoms with van der Waals surface area (Å²) in [6.07, 6.45) is 1.58. The molecule has 0 saturated carbocycles. The zero-order valence-electron chi connectivity index (χ0n) is 12.8. The summed E-state index contributed by atoms with van der Waals surface area (Å²) in [5.41, 5.74) is 2.69. The Kier molecular flexibility index (Phi) is 6.45. The van der Waals surface area contributed by atoms with Crippen molar-refractivity contribution in [3.8, 4) is 5.75 Å². The standard InChI is InChI=1S/C16H25NO4/c1-17-16-6-3-12-9-14(4-5-15(12)16)21-11-13(18)10-20-8-7-19-2/h4-5,9,13,16-18H,3,6-8,10-11H2,1-2H3. The summed E-state index contributed by atoms with van der Waals surface area (Å²) in [5, 5.41) is 13.1. The second-order valence-corrected chi connectivity index (χ2v) is 5.27. The van der Waals surface area contributed by atoms with E-state index >= 15 is 0 Å². The fourth-order valence-electron chi connectivity index (χ4n) is 2.59. The van der Waals surface area contributed by atoms with Crippen LogP contribution in [-0.2, 0) is 15.9 Å². The van der Waals surface area contributed by atoms with E-state index in [1.165, 1.54) is 11.1 Å². The SMILES string of the molecule is CNC1CCc2cc(OCC(O)COCCOC)ccc21. The van der Waals surface area contributed by atoms with Crippen molar-refractivity contribution in [2.75, 3.05) is 40.6 Å². The van der Waals surface area contributed by atoms with Crippen LogP contribution in [0.1, 0.15) is 23.6 Å². The molecule has 2 N–H and O–H groups in total. The molecule has 2 atom stereocenters. The fraction of sp³-hybridized carbons (Fsp3) is 0.625. The lowest BCUT2D eigenvalue weighted by molar-refractivity contribution is -0.00420. The third-order valence-electron chi connectivity index (χ3n) is 3.73. The van der Waals surface area contributed by atoms with Crippen LogP contribution in [0.4, 0.5) is 0 Å². The number of aliphatic hydroxyl groups excluding tert-OH is 1. The second kappa shape index (κ2) is 8.34. The number of hydrogen-bond acceptors (Lipinski definition) is 5. The number of methoxy groups -OCH3 is 1. The van der Waals surface area contributed by atoms with Crippen LogP contribution in [0.2, 0.25) is 0 Å². The molecular weight excluding hydrogens is 270 g/mol. The largest absolute Gasteiger partial charge is 0.491 e. The third-order valence-corrected chi connectivity index (χ3v) is 3.73. The van der Waals surface area contributed by atoms with E-state index in [-0.39, 0.29) is 13.2 Å². The molecule has 2 unspecified atom stereocenters. The maximum atomic E-state index is 9.78. The number of rotatable bonds is 9. The van der Waals surface area contributed by atoms with Crippen LogP contribution >= 0.6 is 0 Å². The Morgan fingerprint density at radius 1 is 1.33 bits per heavy atom. The number of aryl methyl sites for hydroxylation is 1. The molecule has 118 valence electrons. The van der Waals surface area contributed by atoms with E-state index in [0.29, 0.717) is 19.3 Å². The van der Waals surface area contributed by atoms with Crippen LogP contribution in [0.15, 0.2) is 18.2 Å². The van der Waals surface area contributed by atoms with Gasteiger partial charge in [-0.15, -0.1) is 0 Å². The Morgan fingerprint density at radius 3 is 2.95 bits per heavy atom. The molecule has 0 amide bonds. The first kappa shape index (κ1) is 16.2. The Hall–Kier alpha value is -1.14. The van der Waals surface area contributed by atoms with E-state index in [1.54, 1.807) is 7.11 Å². The average molecular weight is 295 g/mol. The highest BCUT2D eigenvalue weighted by Gasteiger charge is 2.21. The first-order valence-electron chi connectivity index (χ1n) is 7.42. The van der Waals surface area contributed by atoms with E-state index < -0.39 is 6.10 Å². The molecule has 0 fully saturated rings. The molecule has 0 bridgehead atoms. The summed E-state index contributed by atoms with van der Waals surface area (Å²) in [7, 11) is 3.61. The van der Waals surface area contributed by atoms with Gasteiger partial charge in [0.05, 0.1) is 19.8 Å². The summed E-state index contributed by atoms with van der Waals surface area (Å²) < 4.78 is 15.8. The van der Waals surface area contributed by atoms with Crippen molar-refractivity contribution in [2.45, 2.75) is 25.0 Å². The number of benzene rings is 1. The number of aliphatic hydroxyl groups is 1. The monoisotopic (exact) mass is 295 g/mol. The van der Waals surface area contributed by atoms with Crippen LogP contribution in [0.3, 0.4) is 0 Å². The van der Waals surface area contributed by atoms with E-state index in [2.05, 4.69) is 17.4 Å². The number of nitrogens with one attached hydrogen (secondary N) is 1. The van der Waals surface area contributed by atoms with Gasteiger partial charge >= 0.3 is 0 Å². The topological polar surface area (TPSA) is 60.0 Å². The highest BCUT2D eigenvalue weighted by Crippen LogP contribution is 2.33. The normalized spacial score (nSPS) is 18.5. The van der Waals surface area contributed by atoms with Gasteiger partial charge in [-0.2, -0.15) is 0 Å². The van der Waals surface area contributed by atoms with Gasteiger partial charge in [0.2, 0.25) is 0 Å². The predicted octanol–water partition coefficient (Wildman–Crippen LogP) is 1.30. The van der Waals surface area contributed by atoms with Crippen LogP contribution in [0, 0.1) is 0 Å². The van der Waals surface area contributed by atoms with Gasteiger partial charge in [0, 0.05) is 13.2 Å². The molecule has 1 aliphatic rings. The van der Waals surface area contributed by atoms with Gasteiger partial charge in [0.15, 0.2) is 0 Å². The molecule has 5 heteroatoms. The van der Waals surface area contributed by atoms with Crippen LogP contribution in [0.25, 0.3) is 0 Å². The Morgan fingerprint density at radius 2 is 2.19 bits per heavy atom. The van der Waals surface area contributed by atoms with E-state index in [4.69, 9.17) is 14.2 Å². The van der Waals surface area contributed by atoms with Gasteiger partial charge < -0.3 is 24.6 Å². The second-order valence-electron chi connectivity index (χ2n) is 5.27. The third kappa shape index (κ3) is 4.68. The predicted molar refractivity (Wildman–Crippen MR) is 80.8 cm³/mol. The first-order chi connectivity index (χ1) is 10.2. The van der Waals surface area contributed by atoms with Gasteiger partial charge in [-0.1, -0.05) is 6.07 Å². The summed E-state index contributed by atoms with van der Waals surface area (Å²) in [6.45, 7) is 1.51. The van der Waals surface area contributed by atoms with Crippen molar-refractivity contribution in [3.05, 3.63) is 29.3 Å². The maximum Gasteiger partial charge on any atom is 0.119 e. The van der Waals surface area contributed by atoms with Gasteiger partial charge in [-0.25, -0.2) is 0 Å². The Labute approximate surface area is 126 Å². The lowest BCUT2D eigenvalue weighted by atomic mass is 10.1. The molecule has 1 aliphatic carbocycles. The molecule has 0 aliphatic heterocycles. The Balaban J connectivity index is 1.76. The molecule has 0 radical (unpaired) electrons. The van der Waals surface area contributed by atoms with E-state index in [0.717, 1.165) is 18.6 Å². The highest BCUT2D eigenvalue weighted by molar-refractivity contribution is 5.40. The van der Waals surface area contributed by atoms with Crippen LogP contribution in [0.5, 0.6) is 5.75 Å². The minimum absolute atomic E-state index is 0.237.